The SMILES string of the molecule is Cc1cc(C)cc(C(=O)N[C@H]2CC3(CCN(c4ncccn4)CC3)Oc3ccccc32)c1. The van der Waals surface area contributed by atoms with Crippen molar-refractivity contribution in [3.05, 3.63) is 83.2 Å². The highest BCUT2D eigenvalue weighted by molar-refractivity contribution is 5.95. The second-order valence-corrected chi connectivity index (χ2v) is 8.97. The van der Waals surface area contributed by atoms with Crippen molar-refractivity contribution in [1.82, 2.24) is 15.3 Å². The number of nitrogens with one attached hydrogen (secondary N) is 1. The molecule has 1 fully saturated rings. The molecular formula is C26H28N4O2. The monoisotopic (exact) mass is 428 g/mol. The lowest BCUT2D eigenvalue weighted by Gasteiger charge is -2.47. The Morgan fingerprint density at radius 3 is 2.44 bits per heavy atom. The van der Waals surface area contributed by atoms with Gasteiger partial charge in [0.05, 0.1) is 6.04 Å². The molecule has 1 saturated heterocycles. The van der Waals surface area contributed by atoms with Crippen LogP contribution in [-0.4, -0.2) is 34.6 Å². The fourth-order valence-electron chi connectivity index (χ4n) is 4.97. The highest BCUT2D eigenvalue weighted by Crippen LogP contribution is 2.44. The largest absolute Gasteiger partial charge is 0.487 e. The number of nitrogens with zero attached hydrogens (tertiary/aromatic N) is 3. The van der Waals surface area contributed by atoms with Crippen LogP contribution in [0.3, 0.4) is 0 Å². The molecule has 0 bridgehead atoms. The molecule has 3 aromatic rings. The molecule has 2 aliphatic heterocycles. The van der Waals surface area contributed by atoms with Gasteiger partial charge in [-0.15, -0.1) is 0 Å². The van der Waals surface area contributed by atoms with Crippen molar-refractivity contribution in [3.63, 3.8) is 0 Å². The Morgan fingerprint density at radius 1 is 1.03 bits per heavy atom. The number of hydrogen-bond acceptors (Lipinski definition) is 5. The van der Waals surface area contributed by atoms with Crippen LogP contribution in [0.5, 0.6) is 5.75 Å². The average molecular weight is 429 g/mol. The van der Waals surface area contributed by atoms with Crippen LogP contribution in [-0.2, 0) is 0 Å². The molecule has 5 rings (SSSR count). The number of fused-ring (bicyclic) bond motifs is 1. The van der Waals surface area contributed by atoms with E-state index in [1.54, 1.807) is 12.4 Å². The van der Waals surface area contributed by atoms with Gasteiger partial charge in [0.25, 0.3) is 5.91 Å². The number of piperidine rings is 1. The van der Waals surface area contributed by atoms with Gasteiger partial charge in [-0.05, 0) is 38.1 Å². The van der Waals surface area contributed by atoms with Crippen molar-refractivity contribution >= 4 is 11.9 Å². The molecule has 1 aromatic heterocycles. The zero-order chi connectivity index (χ0) is 22.1. The lowest BCUT2D eigenvalue weighted by atomic mass is 9.80. The van der Waals surface area contributed by atoms with E-state index in [0.717, 1.165) is 60.7 Å². The number of carbonyl (C=O) groups is 1. The van der Waals surface area contributed by atoms with Crippen LogP contribution in [0.1, 0.15) is 52.4 Å². The summed E-state index contributed by atoms with van der Waals surface area (Å²) in [5.74, 6) is 1.59. The Balaban J connectivity index is 1.37. The number of ether oxygens (including phenoxy) is 1. The fourth-order valence-corrected chi connectivity index (χ4v) is 4.97. The topological polar surface area (TPSA) is 67.4 Å². The Morgan fingerprint density at radius 2 is 1.72 bits per heavy atom. The van der Waals surface area contributed by atoms with Crippen LogP contribution in [0.25, 0.3) is 0 Å². The van der Waals surface area contributed by atoms with Crippen molar-refractivity contribution in [1.29, 1.82) is 0 Å². The quantitative estimate of drug-likeness (QED) is 0.670. The van der Waals surface area contributed by atoms with Crippen LogP contribution >= 0.6 is 0 Å². The van der Waals surface area contributed by atoms with Gasteiger partial charge >= 0.3 is 0 Å². The van der Waals surface area contributed by atoms with Gasteiger partial charge < -0.3 is 15.0 Å². The maximum atomic E-state index is 13.2. The van der Waals surface area contributed by atoms with Crippen molar-refractivity contribution in [2.45, 2.75) is 44.8 Å². The highest BCUT2D eigenvalue weighted by Gasteiger charge is 2.44. The maximum absolute atomic E-state index is 13.2. The van der Waals surface area contributed by atoms with Crippen LogP contribution in [0, 0.1) is 13.8 Å². The predicted octanol–water partition coefficient (Wildman–Crippen LogP) is 4.39. The first-order valence-corrected chi connectivity index (χ1v) is 11.2. The van der Waals surface area contributed by atoms with E-state index in [9.17, 15) is 4.79 Å². The number of benzene rings is 2. The molecule has 1 atom stereocenters. The van der Waals surface area contributed by atoms with Crippen LogP contribution < -0.4 is 15.0 Å². The lowest BCUT2D eigenvalue weighted by Crippen LogP contribution is -2.52. The molecule has 1 N–H and O–H groups in total. The van der Waals surface area contributed by atoms with Crippen LogP contribution in [0.4, 0.5) is 5.95 Å². The molecule has 0 aliphatic carbocycles. The molecule has 3 heterocycles. The molecule has 0 saturated carbocycles. The third kappa shape index (κ3) is 4.05. The highest BCUT2D eigenvalue weighted by atomic mass is 16.5. The zero-order valence-electron chi connectivity index (χ0n) is 18.5. The van der Waals surface area contributed by atoms with E-state index in [1.807, 2.05) is 50.2 Å². The second kappa shape index (κ2) is 8.26. The lowest BCUT2D eigenvalue weighted by molar-refractivity contribution is 0.00845. The number of hydrogen-bond donors (Lipinski definition) is 1. The Hall–Kier alpha value is -3.41. The summed E-state index contributed by atoms with van der Waals surface area (Å²) >= 11 is 0. The molecule has 6 heteroatoms. The summed E-state index contributed by atoms with van der Waals surface area (Å²) in [7, 11) is 0. The number of rotatable bonds is 3. The molecule has 0 unspecified atom stereocenters. The molecule has 1 amide bonds. The summed E-state index contributed by atoms with van der Waals surface area (Å²) in [6.07, 6.45) is 6.02. The summed E-state index contributed by atoms with van der Waals surface area (Å²) < 4.78 is 6.58. The first-order chi connectivity index (χ1) is 15.5. The second-order valence-electron chi connectivity index (χ2n) is 8.97. The van der Waals surface area contributed by atoms with Gasteiger partial charge in [-0.2, -0.15) is 0 Å². The van der Waals surface area contributed by atoms with Gasteiger partial charge in [0.15, 0.2) is 0 Å². The molecule has 6 nitrogen and oxygen atoms in total. The Kier molecular flexibility index (Phi) is 5.29. The Labute approximate surface area is 188 Å². The molecular weight excluding hydrogens is 400 g/mol. The van der Waals surface area contributed by atoms with Crippen LogP contribution in [0.2, 0.25) is 0 Å². The van der Waals surface area contributed by atoms with Gasteiger partial charge in [0.2, 0.25) is 5.95 Å². The summed E-state index contributed by atoms with van der Waals surface area (Å²) in [6.45, 7) is 5.69. The summed E-state index contributed by atoms with van der Waals surface area (Å²) in [5, 5.41) is 3.30. The minimum absolute atomic E-state index is 0.0382. The third-order valence-corrected chi connectivity index (χ3v) is 6.50. The normalized spacial score (nSPS) is 19.2. The molecule has 2 aliphatic rings. The standard InChI is InChI=1S/C26H28N4O2/c1-18-14-19(2)16-20(15-18)24(31)29-22-17-26(32-23-7-4-3-6-21(22)23)8-12-30(13-9-26)25-27-10-5-11-28-25/h3-7,10-11,14-16,22H,8-9,12-13,17H2,1-2H3,(H,29,31)/t22-/m0/s1. The van der Waals surface area contributed by atoms with Crippen molar-refractivity contribution in [2.24, 2.45) is 0 Å². The predicted molar refractivity (Wildman–Crippen MR) is 124 cm³/mol. The van der Waals surface area contributed by atoms with Gasteiger partial charge in [-0.1, -0.05) is 35.4 Å². The average Bonchev–Trinajstić information content (AvgIpc) is 2.79. The first kappa shape index (κ1) is 20.5. The third-order valence-electron chi connectivity index (χ3n) is 6.50. The fraction of sp³-hybridized carbons (Fsp3) is 0.346. The van der Waals surface area contributed by atoms with E-state index in [4.69, 9.17) is 4.74 Å². The van der Waals surface area contributed by atoms with Gasteiger partial charge in [0, 0.05) is 55.9 Å². The molecule has 164 valence electrons. The van der Waals surface area contributed by atoms with E-state index in [1.165, 1.54) is 0 Å². The minimum Gasteiger partial charge on any atom is -0.487 e. The maximum Gasteiger partial charge on any atom is 0.251 e. The molecule has 32 heavy (non-hydrogen) atoms. The number of anilines is 1. The molecule has 0 radical (unpaired) electrons. The number of para-hydroxylation sites is 1. The number of amides is 1. The summed E-state index contributed by atoms with van der Waals surface area (Å²) in [5.41, 5.74) is 3.63. The first-order valence-electron chi connectivity index (χ1n) is 11.2. The molecule has 1 spiro atoms. The van der Waals surface area contributed by atoms with E-state index >= 15 is 0 Å². The molecule has 2 aromatic carbocycles. The summed E-state index contributed by atoms with van der Waals surface area (Å²) in [6, 6.07) is 15.8. The summed E-state index contributed by atoms with van der Waals surface area (Å²) in [4.78, 5) is 24.1. The number of carbonyl (C=O) groups excluding carboxylic acids is 1. The van der Waals surface area contributed by atoms with Crippen LogP contribution in [0.15, 0.2) is 60.9 Å². The minimum atomic E-state index is -0.305. The van der Waals surface area contributed by atoms with E-state index in [0.29, 0.717) is 5.56 Å². The van der Waals surface area contributed by atoms with Crippen molar-refractivity contribution < 1.29 is 9.53 Å². The van der Waals surface area contributed by atoms with Gasteiger partial charge in [-0.25, -0.2) is 9.97 Å². The number of aromatic nitrogens is 2. The zero-order valence-corrected chi connectivity index (χ0v) is 18.5. The van der Waals surface area contributed by atoms with E-state index in [-0.39, 0.29) is 17.6 Å². The van der Waals surface area contributed by atoms with Crippen molar-refractivity contribution in [2.75, 3.05) is 18.0 Å². The van der Waals surface area contributed by atoms with Gasteiger partial charge in [-0.3, -0.25) is 4.79 Å². The van der Waals surface area contributed by atoms with Gasteiger partial charge in [0.1, 0.15) is 11.4 Å². The van der Waals surface area contributed by atoms with E-state index < -0.39 is 0 Å². The van der Waals surface area contributed by atoms with Crippen molar-refractivity contribution in [3.8, 4) is 5.75 Å². The van der Waals surface area contributed by atoms with E-state index in [2.05, 4.69) is 32.3 Å². The number of aryl methyl sites for hydroxylation is 2. The Bertz CT molecular complexity index is 1100. The smallest absolute Gasteiger partial charge is 0.251 e.